The highest BCUT2D eigenvalue weighted by Gasteiger charge is 2.16. The SMILES string of the molecule is Oc1cc2ccccc2cc1-c1nc(-c2ncn[nH]2)no1. The molecule has 102 valence electrons. The number of phenolic OH excluding ortho intramolecular Hbond substituents is 1. The number of rotatable bonds is 2. The van der Waals surface area contributed by atoms with Crippen LogP contribution in [0.15, 0.2) is 47.2 Å². The second kappa shape index (κ2) is 4.41. The summed E-state index contributed by atoms with van der Waals surface area (Å²) in [4.78, 5) is 8.17. The van der Waals surface area contributed by atoms with Gasteiger partial charge in [0.15, 0.2) is 5.82 Å². The first-order valence-corrected chi connectivity index (χ1v) is 6.23. The number of benzene rings is 2. The van der Waals surface area contributed by atoms with E-state index in [1.54, 1.807) is 6.07 Å². The Balaban J connectivity index is 1.85. The van der Waals surface area contributed by atoms with E-state index in [0.29, 0.717) is 11.4 Å². The molecule has 0 fully saturated rings. The van der Waals surface area contributed by atoms with Gasteiger partial charge in [-0.3, -0.25) is 5.10 Å². The van der Waals surface area contributed by atoms with Gasteiger partial charge in [-0.2, -0.15) is 10.1 Å². The highest BCUT2D eigenvalue weighted by atomic mass is 16.5. The normalized spacial score (nSPS) is 11.0. The van der Waals surface area contributed by atoms with Crippen molar-refractivity contribution in [2.45, 2.75) is 0 Å². The number of nitrogens with zero attached hydrogens (tertiary/aromatic N) is 4. The van der Waals surface area contributed by atoms with Crippen LogP contribution in [0.2, 0.25) is 0 Å². The van der Waals surface area contributed by atoms with Gasteiger partial charge < -0.3 is 9.63 Å². The molecule has 4 aromatic rings. The minimum atomic E-state index is 0.0847. The molecular weight excluding hydrogens is 270 g/mol. The fourth-order valence-electron chi connectivity index (χ4n) is 2.14. The van der Waals surface area contributed by atoms with E-state index in [-0.39, 0.29) is 17.5 Å². The molecule has 0 radical (unpaired) electrons. The molecule has 0 amide bonds. The molecule has 0 unspecified atom stereocenters. The summed E-state index contributed by atoms with van der Waals surface area (Å²) in [6.07, 6.45) is 1.36. The third-order valence-corrected chi connectivity index (χ3v) is 3.15. The summed E-state index contributed by atoms with van der Waals surface area (Å²) in [5.74, 6) is 1.01. The average Bonchev–Trinajstić information content (AvgIpc) is 3.17. The molecule has 2 aromatic heterocycles. The van der Waals surface area contributed by atoms with Gasteiger partial charge in [0, 0.05) is 0 Å². The van der Waals surface area contributed by atoms with Crippen molar-refractivity contribution in [2.75, 3.05) is 0 Å². The van der Waals surface area contributed by atoms with E-state index < -0.39 is 0 Å². The maximum atomic E-state index is 10.1. The van der Waals surface area contributed by atoms with E-state index in [1.165, 1.54) is 6.33 Å². The van der Waals surface area contributed by atoms with Crippen molar-refractivity contribution < 1.29 is 9.63 Å². The van der Waals surface area contributed by atoms with Gasteiger partial charge >= 0.3 is 0 Å². The molecule has 7 heteroatoms. The van der Waals surface area contributed by atoms with Crippen LogP contribution < -0.4 is 0 Å². The van der Waals surface area contributed by atoms with E-state index in [1.807, 2.05) is 30.3 Å². The first kappa shape index (κ1) is 11.6. The summed E-state index contributed by atoms with van der Waals surface area (Å²) in [6, 6.07) is 11.2. The van der Waals surface area contributed by atoms with Crippen molar-refractivity contribution in [3.8, 4) is 28.9 Å². The summed E-state index contributed by atoms with van der Waals surface area (Å²) in [6.45, 7) is 0. The fourth-order valence-corrected chi connectivity index (χ4v) is 2.14. The molecule has 0 saturated carbocycles. The molecule has 0 bridgehead atoms. The molecule has 0 aliphatic carbocycles. The molecule has 0 saturated heterocycles. The largest absolute Gasteiger partial charge is 0.507 e. The zero-order chi connectivity index (χ0) is 14.2. The summed E-state index contributed by atoms with van der Waals surface area (Å²) in [5.41, 5.74) is 0.479. The minimum absolute atomic E-state index is 0.0847. The van der Waals surface area contributed by atoms with Crippen LogP contribution in [0.1, 0.15) is 0 Å². The second-order valence-corrected chi connectivity index (χ2v) is 4.47. The molecular formula is C14H9N5O2. The highest BCUT2D eigenvalue weighted by Crippen LogP contribution is 2.32. The summed E-state index contributed by atoms with van der Waals surface area (Å²) >= 11 is 0. The van der Waals surface area contributed by atoms with E-state index in [0.717, 1.165) is 10.8 Å². The number of H-pyrrole nitrogens is 1. The van der Waals surface area contributed by atoms with E-state index >= 15 is 0 Å². The Morgan fingerprint density at radius 3 is 2.67 bits per heavy atom. The van der Waals surface area contributed by atoms with Gasteiger partial charge in [0.25, 0.3) is 5.89 Å². The fraction of sp³-hybridized carbons (Fsp3) is 0. The first-order valence-electron chi connectivity index (χ1n) is 6.23. The Labute approximate surface area is 118 Å². The number of phenols is 1. The van der Waals surface area contributed by atoms with Gasteiger partial charge in [0.2, 0.25) is 5.82 Å². The quantitative estimate of drug-likeness (QED) is 0.584. The summed E-state index contributed by atoms with van der Waals surface area (Å²) in [7, 11) is 0. The lowest BCUT2D eigenvalue weighted by Crippen LogP contribution is -1.84. The van der Waals surface area contributed by atoms with Crippen LogP contribution in [0.25, 0.3) is 33.9 Å². The molecule has 0 aliphatic rings. The van der Waals surface area contributed by atoms with Gasteiger partial charge in [-0.1, -0.05) is 29.4 Å². The summed E-state index contributed by atoms with van der Waals surface area (Å²) in [5, 5.41) is 22.3. The van der Waals surface area contributed by atoms with Crippen LogP contribution in [0.4, 0.5) is 0 Å². The molecule has 0 spiro atoms. The van der Waals surface area contributed by atoms with Crippen LogP contribution >= 0.6 is 0 Å². The van der Waals surface area contributed by atoms with Crippen molar-refractivity contribution in [1.82, 2.24) is 25.3 Å². The van der Waals surface area contributed by atoms with Gasteiger partial charge in [-0.15, -0.1) is 0 Å². The zero-order valence-corrected chi connectivity index (χ0v) is 10.7. The molecule has 21 heavy (non-hydrogen) atoms. The predicted molar refractivity (Wildman–Crippen MR) is 74.3 cm³/mol. The van der Waals surface area contributed by atoms with E-state index in [9.17, 15) is 5.11 Å². The average molecular weight is 279 g/mol. The third-order valence-electron chi connectivity index (χ3n) is 3.15. The summed E-state index contributed by atoms with van der Waals surface area (Å²) < 4.78 is 5.20. The number of aromatic amines is 1. The highest BCUT2D eigenvalue weighted by molar-refractivity contribution is 5.89. The second-order valence-electron chi connectivity index (χ2n) is 4.47. The Morgan fingerprint density at radius 2 is 1.90 bits per heavy atom. The number of aromatic nitrogens is 5. The number of hydrogen-bond acceptors (Lipinski definition) is 6. The van der Waals surface area contributed by atoms with Crippen molar-refractivity contribution >= 4 is 10.8 Å². The molecule has 2 N–H and O–H groups in total. The molecule has 4 rings (SSSR count). The lowest BCUT2D eigenvalue weighted by molar-refractivity contribution is 0.425. The Morgan fingerprint density at radius 1 is 1.10 bits per heavy atom. The Hall–Kier alpha value is -3.22. The first-order chi connectivity index (χ1) is 10.3. The molecule has 0 aliphatic heterocycles. The number of fused-ring (bicyclic) bond motifs is 1. The van der Waals surface area contributed by atoms with Gasteiger partial charge in [-0.25, -0.2) is 4.98 Å². The van der Waals surface area contributed by atoms with E-state index in [4.69, 9.17) is 4.52 Å². The molecule has 0 atom stereocenters. The number of aromatic hydroxyl groups is 1. The lowest BCUT2D eigenvalue weighted by atomic mass is 10.1. The van der Waals surface area contributed by atoms with Gasteiger partial charge in [0.05, 0.1) is 5.56 Å². The Kier molecular flexibility index (Phi) is 2.43. The monoisotopic (exact) mass is 279 g/mol. The standard InChI is InChI=1S/C14H9N5O2/c20-11-6-9-4-2-1-3-8(9)5-10(11)14-17-13(19-21-14)12-15-7-16-18-12/h1-7,20H,(H,15,16,18). The Bertz CT molecular complexity index is 914. The smallest absolute Gasteiger partial charge is 0.262 e. The maximum absolute atomic E-state index is 10.1. The van der Waals surface area contributed by atoms with Crippen LogP contribution in [0, 0.1) is 0 Å². The van der Waals surface area contributed by atoms with Crippen molar-refractivity contribution in [1.29, 1.82) is 0 Å². The van der Waals surface area contributed by atoms with Crippen molar-refractivity contribution in [2.24, 2.45) is 0 Å². The van der Waals surface area contributed by atoms with Crippen LogP contribution in [0.3, 0.4) is 0 Å². The maximum Gasteiger partial charge on any atom is 0.262 e. The van der Waals surface area contributed by atoms with Crippen molar-refractivity contribution in [3.05, 3.63) is 42.7 Å². The predicted octanol–water partition coefficient (Wildman–Crippen LogP) is 2.38. The van der Waals surface area contributed by atoms with Crippen molar-refractivity contribution in [3.63, 3.8) is 0 Å². The lowest BCUT2D eigenvalue weighted by Gasteiger charge is -2.02. The van der Waals surface area contributed by atoms with Gasteiger partial charge in [0.1, 0.15) is 12.1 Å². The third kappa shape index (κ3) is 1.91. The van der Waals surface area contributed by atoms with Crippen LogP contribution in [-0.2, 0) is 0 Å². The topological polar surface area (TPSA) is 101 Å². The van der Waals surface area contributed by atoms with Crippen LogP contribution in [-0.4, -0.2) is 30.4 Å². The molecule has 7 nitrogen and oxygen atoms in total. The number of nitrogens with one attached hydrogen (secondary N) is 1. The van der Waals surface area contributed by atoms with Crippen LogP contribution in [0.5, 0.6) is 5.75 Å². The molecule has 2 heterocycles. The molecule has 2 aromatic carbocycles. The van der Waals surface area contributed by atoms with E-state index in [2.05, 4.69) is 25.3 Å². The number of hydrogen-bond donors (Lipinski definition) is 2. The van der Waals surface area contributed by atoms with Gasteiger partial charge in [-0.05, 0) is 22.9 Å². The minimum Gasteiger partial charge on any atom is -0.507 e. The zero-order valence-electron chi connectivity index (χ0n) is 10.7.